The number of fused-ring (bicyclic) bond motifs is 9. The van der Waals surface area contributed by atoms with Gasteiger partial charge in [-0.2, -0.15) is 8.78 Å². The van der Waals surface area contributed by atoms with Crippen LogP contribution in [0.5, 0.6) is 5.75 Å². The van der Waals surface area contributed by atoms with Gasteiger partial charge in [-0.15, -0.1) is 0 Å². The van der Waals surface area contributed by atoms with Crippen molar-refractivity contribution in [2.75, 3.05) is 0 Å². The summed E-state index contributed by atoms with van der Waals surface area (Å²) in [6, 6.07) is 10.2. The van der Waals surface area contributed by atoms with Gasteiger partial charge in [-0.05, 0) is 60.7 Å². The Hall–Kier alpha value is -3.17. The van der Waals surface area contributed by atoms with Crippen molar-refractivity contribution in [1.29, 1.82) is 0 Å². The maximum atomic E-state index is 13.5. The number of alkyl halides is 2. The standard InChI is InChI=1S/C26H22F2N2O4S/c1-26(2,31)24-29-11-15(12-30-24)13-6-7-14-9-17-21-10-18(22(17)16(14)8-13)23-19(34-25(27)28)4-3-5-20(23)35(21,32)33/h3-9,11-12,18,21-22,25,31H,10H2,1-2H3/t18?,21?,22-/m0/s1. The molecule has 6 rings (SSSR count). The minimum atomic E-state index is -3.74. The Kier molecular flexibility index (Phi) is 4.72. The quantitative estimate of drug-likeness (QED) is 0.558. The zero-order valence-corrected chi connectivity index (χ0v) is 19.8. The molecule has 2 unspecified atom stereocenters. The number of sulfone groups is 1. The third-order valence-electron chi connectivity index (χ3n) is 7.17. The molecule has 3 aliphatic rings. The van der Waals surface area contributed by atoms with E-state index in [1.807, 2.05) is 24.3 Å². The average Bonchev–Trinajstić information content (AvgIpc) is 3.33. The Balaban J connectivity index is 1.46. The van der Waals surface area contributed by atoms with Crippen molar-refractivity contribution in [3.8, 4) is 16.9 Å². The van der Waals surface area contributed by atoms with E-state index in [1.54, 1.807) is 26.2 Å². The Labute approximate surface area is 201 Å². The summed E-state index contributed by atoms with van der Waals surface area (Å²) in [5, 5.41) is 9.45. The minimum absolute atomic E-state index is 0.0778. The van der Waals surface area contributed by atoms with Gasteiger partial charge in [-0.25, -0.2) is 18.4 Å². The van der Waals surface area contributed by atoms with Crippen LogP contribution < -0.4 is 4.74 Å². The molecule has 2 bridgehead atoms. The van der Waals surface area contributed by atoms with E-state index in [9.17, 15) is 22.3 Å². The number of aromatic nitrogens is 2. The highest BCUT2D eigenvalue weighted by atomic mass is 32.2. The highest BCUT2D eigenvalue weighted by molar-refractivity contribution is 7.92. The van der Waals surface area contributed by atoms with Crippen molar-refractivity contribution >= 4 is 15.9 Å². The fourth-order valence-electron chi connectivity index (χ4n) is 5.72. The summed E-state index contributed by atoms with van der Waals surface area (Å²) >= 11 is 0. The van der Waals surface area contributed by atoms with E-state index in [2.05, 4.69) is 9.97 Å². The lowest BCUT2D eigenvalue weighted by molar-refractivity contribution is -0.0508. The molecule has 9 heteroatoms. The molecule has 2 aromatic carbocycles. The van der Waals surface area contributed by atoms with Gasteiger partial charge >= 0.3 is 6.61 Å². The van der Waals surface area contributed by atoms with Crippen LogP contribution in [-0.4, -0.2) is 35.4 Å². The van der Waals surface area contributed by atoms with Gasteiger partial charge in [0.1, 0.15) is 11.4 Å². The van der Waals surface area contributed by atoms with Crippen molar-refractivity contribution < 1.29 is 27.0 Å². The minimum Gasteiger partial charge on any atom is -0.434 e. The van der Waals surface area contributed by atoms with E-state index in [-0.39, 0.29) is 22.5 Å². The first-order chi connectivity index (χ1) is 16.6. The van der Waals surface area contributed by atoms with Crippen LogP contribution in [0.15, 0.2) is 59.3 Å². The second-order valence-electron chi connectivity index (χ2n) is 9.74. The molecule has 1 N–H and O–H groups in total. The molecule has 1 aliphatic heterocycles. The van der Waals surface area contributed by atoms with E-state index >= 15 is 0 Å². The van der Waals surface area contributed by atoms with E-state index in [1.165, 1.54) is 18.2 Å². The number of aliphatic hydroxyl groups is 1. The van der Waals surface area contributed by atoms with Crippen LogP contribution in [0, 0.1) is 0 Å². The third kappa shape index (κ3) is 3.32. The second-order valence-corrected chi connectivity index (χ2v) is 11.8. The molecule has 0 radical (unpaired) electrons. The molecule has 35 heavy (non-hydrogen) atoms. The van der Waals surface area contributed by atoms with E-state index in [4.69, 9.17) is 4.74 Å². The first-order valence-corrected chi connectivity index (χ1v) is 12.8. The van der Waals surface area contributed by atoms with Gasteiger partial charge in [-0.1, -0.05) is 24.3 Å². The molecule has 180 valence electrons. The fraction of sp³-hybridized carbons (Fsp3) is 0.308. The lowest BCUT2D eigenvalue weighted by atomic mass is 9.83. The van der Waals surface area contributed by atoms with Crippen LogP contribution >= 0.6 is 0 Å². The first-order valence-electron chi connectivity index (χ1n) is 11.3. The number of rotatable bonds is 4. The zero-order chi connectivity index (χ0) is 24.7. The summed E-state index contributed by atoms with van der Waals surface area (Å²) < 4.78 is 58.0. The Bertz CT molecular complexity index is 1490. The highest BCUT2D eigenvalue weighted by Gasteiger charge is 2.55. The van der Waals surface area contributed by atoms with Gasteiger partial charge in [0.15, 0.2) is 15.7 Å². The second kappa shape index (κ2) is 7.41. The summed E-state index contributed by atoms with van der Waals surface area (Å²) in [5.74, 6) is -0.301. The van der Waals surface area contributed by atoms with E-state index in [0.717, 1.165) is 27.8 Å². The molecule has 3 atom stereocenters. The highest BCUT2D eigenvalue weighted by Crippen LogP contribution is 2.62. The number of hydrogen-bond donors (Lipinski definition) is 1. The first kappa shape index (κ1) is 22.3. The van der Waals surface area contributed by atoms with Crippen molar-refractivity contribution in [3.05, 3.63) is 76.9 Å². The van der Waals surface area contributed by atoms with Crippen LogP contribution in [-0.2, 0) is 15.4 Å². The molecule has 0 saturated heterocycles. The van der Waals surface area contributed by atoms with Crippen LogP contribution in [0.2, 0.25) is 0 Å². The van der Waals surface area contributed by atoms with Crippen molar-refractivity contribution in [1.82, 2.24) is 9.97 Å². The third-order valence-corrected chi connectivity index (χ3v) is 9.35. The lowest BCUT2D eigenvalue weighted by Gasteiger charge is -2.27. The van der Waals surface area contributed by atoms with Crippen LogP contribution in [0.4, 0.5) is 8.78 Å². The van der Waals surface area contributed by atoms with Gasteiger partial charge in [0.05, 0.1) is 10.1 Å². The SMILES string of the molecule is CC(C)(O)c1ncc(-c2ccc3c(c2)[C@H]2C(=C3)C3CC2c2c(OC(F)F)cccc2S3(=O)=O)cn1. The topological polar surface area (TPSA) is 89.4 Å². The molecule has 1 aromatic heterocycles. The van der Waals surface area contributed by atoms with E-state index < -0.39 is 27.3 Å². The smallest absolute Gasteiger partial charge is 0.387 e. The summed E-state index contributed by atoms with van der Waals surface area (Å²) in [7, 11) is -3.74. The predicted octanol–water partition coefficient (Wildman–Crippen LogP) is 4.80. The molecule has 1 fully saturated rings. The van der Waals surface area contributed by atoms with Crippen LogP contribution in [0.25, 0.3) is 17.2 Å². The summed E-state index contributed by atoms with van der Waals surface area (Å²) in [5.41, 5.74) is 3.46. The molecule has 1 saturated carbocycles. The lowest BCUT2D eigenvalue weighted by Crippen LogP contribution is -2.25. The van der Waals surface area contributed by atoms with Crippen LogP contribution in [0.1, 0.15) is 54.6 Å². The molecule has 6 nitrogen and oxygen atoms in total. The molecule has 3 aromatic rings. The molecule has 0 amide bonds. The number of nitrogens with zero attached hydrogens (tertiary/aromatic N) is 2. The van der Waals surface area contributed by atoms with Crippen molar-refractivity contribution in [2.24, 2.45) is 0 Å². The predicted molar refractivity (Wildman–Crippen MR) is 125 cm³/mol. The normalized spacial score (nSPS) is 23.5. The average molecular weight is 497 g/mol. The monoisotopic (exact) mass is 496 g/mol. The maximum absolute atomic E-state index is 13.5. The molecular formula is C26H22F2N2O4S. The number of halogens is 2. The Morgan fingerprint density at radius 1 is 1.11 bits per heavy atom. The number of ether oxygens (including phenoxy) is 1. The maximum Gasteiger partial charge on any atom is 0.387 e. The number of benzene rings is 2. The fourth-order valence-corrected chi connectivity index (χ4v) is 7.89. The van der Waals surface area contributed by atoms with E-state index in [0.29, 0.717) is 17.8 Å². The van der Waals surface area contributed by atoms with Crippen molar-refractivity contribution in [3.63, 3.8) is 0 Å². The molecule has 2 heterocycles. The Morgan fingerprint density at radius 3 is 2.54 bits per heavy atom. The molecule has 2 aliphatic carbocycles. The van der Waals surface area contributed by atoms with Gasteiger partial charge in [0.25, 0.3) is 0 Å². The van der Waals surface area contributed by atoms with Gasteiger partial charge in [0, 0.05) is 35.4 Å². The summed E-state index contributed by atoms with van der Waals surface area (Å²) in [6.07, 6.45) is 5.56. The van der Waals surface area contributed by atoms with Crippen LogP contribution in [0.3, 0.4) is 0 Å². The Morgan fingerprint density at radius 2 is 1.86 bits per heavy atom. The molecule has 0 spiro atoms. The largest absolute Gasteiger partial charge is 0.434 e. The van der Waals surface area contributed by atoms with Crippen molar-refractivity contribution in [2.45, 2.75) is 54.5 Å². The molecular weight excluding hydrogens is 474 g/mol. The van der Waals surface area contributed by atoms with Gasteiger partial charge in [-0.3, -0.25) is 0 Å². The van der Waals surface area contributed by atoms with Gasteiger partial charge in [0.2, 0.25) is 0 Å². The zero-order valence-electron chi connectivity index (χ0n) is 18.9. The van der Waals surface area contributed by atoms with Gasteiger partial charge < -0.3 is 9.84 Å². The summed E-state index contributed by atoms with van der Waals surface area (Å²) in [4.78, 5) is 8.66. The number of hydrogen-bond acceptors (Lipinski definition) is 6. The summed E-state index contributed by atoms with van der Waals surface area (Å²) in [6.45, 7) is 0.175.